The molecule has 0 aliphatic rings. The maximum absolute atomic E-state index is 12.8. The number of nitrogens with one attached hydrogen (secondary N) is 1. The SMILES string of the molecule is CCCCCCNC(=O)CN(C)S(=O)(=O)c1ccc(F)cc1. The summed E-state index contributed by atoms with van der Waals surface area (Å²) in [7, 11) is -2.46. The molecule has 7 heteroatoms. The Labute approximate surface area is 131 Å². The Morgan fingerprint density at radius 3 is 2.41 bits per heavy atom. The monoisotopic (exact) mass is 330 g/mol. The largest absolute Gasteiger partial charge is 0.355 e. The van der Waals surface area contributed by atoms with E-state index in [1.807, 2.05) is 0 Å². The molecule has 1 aromatic carbocycles. The highest BCUT2D eigenvalue weighted by Gasteiger charge is 2.22. The number of nitrogens with zero attached hydrogens (tertiary/aromatic N) is 1. The highest BCUT2D eigenvalue weighted by molar-refractivity contribution is 7.89. The molecule has 1 rings (SSSR count). The molecule has 22 heavy (non-hydrogen) atoms. The predicted molar refractivity (Wildman–Crippen MR) is 83.4 cm³/mol. The number of sulfonamides is 1. The van der Waals surface area contributed by atoms with Gasteiger partial charge in [-0.3, -0.25) is 4.79 Å². The average molecular weight is 330 g/mol. The topological polar surface area (TPSA) is 66.5 Å². The van der Waals surface area contributed by atoms with Crippen molar-refractivity contribution in [2.24, 2.45) is 0 Å². The molecule has 1 amide bonds. The first-order valence-electron chi connectivity index (χ1n) is 7.36. The summed E-state index contributed by atoms with van der Waals surface area (Å²) < 4.78 is 38.2. The third-order valence-electron chi connectivity index (χ3n) is 3.24. The van der Waals surface area contributed by atoms with Crippen molar-refractivity contribution >= 4 is 15.9 Å². The van der Waals surface area contributed by atoms with E-state index in [-0.39, 0.29) is 17.3 Å². The van der Waals surface area contributed by atoms with Gasteiger partial charge in [-0.25, -0.2) is 12.8 Å². The highest BCUT2D eigenvalue weighted by atomic mass is 32.2. The van der Waals surface area contributed by atoms with Crippen molar-refractivity contribution in [2.45, 2.75) is 37.5 Å². The molecule has 0 saturated carbocycles. The summed E-state index contributed by atoms with van der Waals surface area (Å²) in [6.07, 6.45) is 4.16. The number of rotatable bonds is 9. The van der Waals surface area contributed by atoms with Gasteiger partial charge in [-0.15, -0.1) is 0 Å². The number of hydrogen-bond acceptors (Lipinski definition) is 3. The minimum Gasteiger partial charge on any atom is -0.355 e. The van der Waals surface area contributed by atoms with Crippen molar-refractivity contribution in [3.8, 4) is 0 Å². The lowest BCUT2D eigenvalue weighted by Gasteiger charge is -2.16. The first-order valence-corrected chi connectivity index (χ1v) is 8.80. The average Bonchev–Trinajstić information content (AvgIpc) is 2.47. The number of likely N-dealkylation sites (N-methyl/N-ethyl adjacent to an activating group) is 1. The normalized spacial score (nSPS) is 11.6. The van der Waals surface area contributed by atoms with Gasteiger partial charge in [0, 0.05) is 13.6 Å². The third kappa shape index (κ3) is 5.73. The number of halogens is 1. The van der Waals surface area contributed by atoms with Gasteiger partial charge in [-0.1, -0.05) is 26.2 Å². The van der Waals surface area contributed by atoms with E-state index in [1.165, 1.54) is 19.2 Å². The molecule has 0 aliphatic heterocycles. The predicted octanol–water partition coefficient (Wildman–Crippen LogP) is 2.14. The standard InChI is InChI=1S/C15H23FN2O3S/c1-3-4-5-6-11-17-15(19)12-18(2)22(20,21)14-9-7-13(16)8-10-14/h7-10H,3-6,11-12H2,1-2H3,(H,17,19). The first-order chi connectivity index (χ1) is 10.4. The second kappa shape index (κ2) is 8.85. The zero-order chi connectivity index (χ0) is 16.6. The second-order valence-electron chi connectivity index (χ2n) is 5.13. The van der Waals surface area contributed by atoms with Crippen molar-refractivity contribution in [2.75, 3.05) is 20.1 Å². The fourth-order valence-corrected chi connectivity index (χ4v) is 3.04. The number of unbranched alkanes of at least 4 members (excludes halogenated alkanes) is 3. The van der Waals surface area contributed by atoms with E-state index in [0.29, 0.717) is 6.54 Å². The lowest BCUT2D eigenvalue weighted by atomic mass is 10.2. The van der Waals surface area contributed by atoms with E-state index < -0.39 is 15.8 Å². The minimum atomic E-state index is -3.78. The van der Waals surface area contributed by atoms with E-state index in [0.717, 1.165) is 42.1 Å². The first kappa shape index (κ1) is 18.6. The molecule has 0 aliphatic carbocycles. The smallest absolute Gasteiger partial charge is 0.243 e. The maximum Gasteiger partial charge on any atom is 0.243 e. The minimum absolute atomic E-state index is 0.0351. The van der Waals surface area contributed by atoms with Crippen LogP contribution in [0.25, 0.3) is 0 Å². The van der Waals surface area contributed by atoms with Crippen LogP contribution in [-0.2, 0) is 14.8 Å². The molecule has 0 spiro atoms. The van der Waals surface area contributed by atoms with Crippen LogP contribution in [0.4, 0.5) is 4.39 Å². The Hall–Kier alpha value is -1.47. The molecule has 0 aromatic heterocycles. The van der Waals surface area contributed by atoms with E-state index in [9.17, 15) is 17.6 Å². The van der Waals surface area contributed by atoms with Crippen molar-refractivity contribution in [1.82, 2.24) is 9.62 Å². The Bertz CT molecular complexity index is 573. The fourth-order valence-electron chi connectivity index (χ4n) is 1.91. The van der Waals surface area contributed by atoms with E-state index in [1.54, 1.807) is 0 Å². The van der Waals surface area contributed by atoms with Gasteiger partial charge in [0.1, 0.15) is 5.82 Å². The molecule has 5 nitrogen and oxygen atoms in total. The molecule has 0 unspecified atom stereocenters. The van der Waals surface area contributed by atoms with E-state index >= 15 is 0 Å². The van der Waals surface area contributed by atoms with Crippen molar-refractivity contribution in [1.29, 1.82) is 0 Å². The van der Waals surface area contributed by atoms with Crippen molar-refractivity contribution < 1.29 is 17.6 Å². The van der Waals surface area contributed by atoms with Crippen LogP contribution in [0.3, 0.4) is 0 Å². The number of hydrogen-bond donors (Lipinski definition) is 1. The quantitative estimate of drug-likeness (QED) is 0.706. The van der Waals surface area contributed by atoms with Crippen molar-refractivity contribution in [3.05, 3.63) is 30.1 Å². The van der Waals surface area contributed by atoms with Crippen LogP contribution in [-0.4, -0.2) is 38.8 Å². The van der Waals surface area contributed by atoms with Crippen LogP contribution in [0.15, 0.2) is 29.2 Å². The zero-order valence-electron chi connectivity index (χ0n) is 13.0. The maximum atomic E-state index is 12.8. The van der Waals surface area contributed by atoms with Crippen LogP contribution in [0.5, 0.6) is 0 Å². The van der Waals surface area contributed by atoms with Gasteiger partial charge in [0.25, 0.3) is 0 Å². The van der Waals surface area contributed by atoms with Crippen molar-refractivity contribution in [3.63, 3.8) is 0 Å². The van der Waals surface area contributed by atoms with Crippen LogP contribution in [0, 0.1) is 5.82 Å². The summed E-state index contributed by atoms with van der Waals surface area (Å²) >= 11 is 0. The number of amides is 1. The summed E-state index contributed by atoms with van der Waals surface area (Å²) in [4.78, 5) is 11.7. The Morgan fingerprint density at radius 1 is 1.18 bits per heavy atom. The summed E-state index contributed by atoms with van der Waals surface area (Å²) in [5, 5.41) is 2.70. The molecule has 0 radical (unpaired) electrons. The van der Waals surface area contributed by atoms with Crippen LogP contribution >= 0.6 is 0 Å². The van der Waals surface area contributed by atoms with Gasteiger partial charge in [-0.05, 0) is 30.7 Å². The molecule has 0 heterocycles. The Morgan fingerprint density at radius 2 is 1.82 bits per heavy atom. The Balaban J connectivity index is 2.51. The van der Waals surface area contributed by atoms with Gasteiger partial charge >= 0.3 is 0 Å². The summed E-state index contributed by atoms with van der Waals surface area (Å²) in [5.41, 5.74) is 0. The molecule has 0 bridgehead atoms. The Kier molecular flexibility index (Phi) is 7.47. The lowest BCUT2D eigenvalue weighted by molar-refractivity contribution is -0.121. The van der Waals surface area contributed by atoms with E-state index in [4.69, 9.17) is 0 Å². The van der Waals surface area contributed by atoms with Gasteiger partial charge in [0.15, 0.2) is 0 Å². The summed E-state index contributed by atoms with van der Waals surface area (Å²) in [6.45, 7) is 2.39. The molecule has 1 aromatic rings. The second-order valence-corrected chi connectivity index (χ2v) is 7.17. The molecular formula is C15H23FN2O3S. The van der Waals surface area contributed by atoms with Crippen LogP contribution in [0.2, 0.25) is 0 Å². The molecular weight excluding hydrogens is 307 g/mol. The highest BCUT2D eigenvalue weighted by Crippen LogP contribution is 2.14. The fraction of sp³-hybridized carbons (Fsp3) is 0.533. The molecule has 0 atom stereocenters. The van der Waals surface area contributed by atoms with Gasteiger partial charge in [0.2, 0.25) is 15.9 Å². The van der Waals surface area contributed by atoms with Gasteiger partial charge in [0.05, 0.1) is 11.4 Å². The van der Waals surface area contributed by atoms with Crippen LogP contribution < -0.4 is 5.32 Å². The lowest BCUT2D eigenvalue weighted by Crippen LogP contribution is -2.38. The number of carbonyl (C=O) groups excluding carboxylic acids is 1. The van der Waals surface area contributed by atoms with E-state index in [2.05, 4.69) is 12.2 Å². The number of benzene rings is 1. The summed E-state index contributed by atoms with van der Waals surface area (Å²) in [5.74, 6) is -0.851. The van der Waals surface area contributed by atoms with Crippen LogP contribution in [0.1, 0.15) is 32.6 Å². The molecule has 124 valence electrons. The van der Waals surface area contributed by atoms with Gasteiger partial charge < -0.3 is 5.32 Å². The molecule has 0 fully saturated rings. The van der Waals surface area contributed by atoms with Gasteiger partial charge in [-0.2, -0.15) is 4.31 Å². The molecule has 1 N–H and O–H groups in total. The zero-order valence-corrected chi connectivity index (χ0v) is 13.8. The molecule has 0 saturated heterocycles. The summed E-state index contributed by atoms with van der Waals surface area (Å²) in [6, 6.07) is 4.52. The number of carbonyl (C=O) groups is 1. The third-order valence-corrected chi connectivity index (χ3v) is 5.06.